The molecule has 54 heavy (non-hydrogen) atoms. The topological polar surface area (TPSA) is 134 Å². The summed E-state index contributed by atoms with van der Waals surface area (Å²) in [4.78, 5) is 61.0. The third-order valence-electron chi connectivity index (χ3n) is 11.2. The molecule has 0 radical (unpaired) electrons. The van der Waals surface area contributed by atoms with Gasteiger partial charge in [-0.25, -0.2) is 9.78 Å². The number of carbonyl (C=O) groups excluding carboxylic acids is 3. The molecule has 0 bridgehead atoms. The molecular weight excluding hydrogens is 701 g/mol. The lowest BCUT2D eigenvalue weighted by atomic mass is 10.0. The first kappa shape index (κ1) is 34.3. The van der Waals surface area contributed by atoms with Gasteiger partial charge < -0.3 is 15.5 Å². The summed E-state index contributed by atoms with van der Waals surface area (Å²) in [5.41, 5.74) is 7.45. The van der Waals surface area contributed by atoms with Crippen LogP contribution in [0.3, 0.4) is 0 Å². The van der Waals surface area contributed by atoms with E-state index in [1.54, 1.807) is 11.6 Å². The van der Waals surface area contributed by atoms with E-state index in [1.807, 2.05) is 19.1 Å². The van der Waals surface area contributed by atoms with E-state index >= 15 is 0 Å². The molecule has 3 aromatic heterocycles. The molecule has 2 saturated heterocycles. The molecule has 12 nitrogen and oxygen atoms in total. The highest BCUT2D eigenvalue weighted by Crippen LogP contribution is 2.41. The fraction of sp³-hybridized carbons (Fsp3) is 0.341. The minimum Gasteiger partial charge on any atom is -0.381 e. The van der Waals surface area contributed by atoms with Crippen LogP contribution in [0.4, 0.5) is 11.4 Å². The Morgan fingerprint density at radius 1 is 0.926 bits per heavy atom. The van der Waals surface area contributed by atoms with Crippen LogP contribution in [0.5, 0.6) is 0 Å². The molecule has 0 spiro atoms. The Labute approximate surface area is 315 Å². The summed E-state index contributed by atoms with van der Waals surface area (Å²) in [6, 6.07) is 22.4. The number of piperazine rings is 1. The summed E-state index contributed by atoms with van der Waals surface area (Å²) in [5.74, 6) is -0.734. The van der Waals surface area contributed by atoms with Crippen LogP contribution in [0.25, 0.3) is 43.3 Å². The second-order valence-electron chi connectivity index (χ2n) is 14.7. The number of hydrogen-bond donors (Lipinski definition) is 3. The van der Waals surface area contributed by atoms with E-state index < -0.39 is 11.9 Å². The number of pyridine rings is 1. The Hall–Kier alpha value is -5.53. The van der Waals surface area contributed by atoms with Crippen molar-refractivity contribution in [3.63, 3.8) is 0 Å². The van der Waals surface area contributed by atoms with Crippen molar-refractivity contribution in [2.24, 2.45) is 7.05 Å². The maximum atomic E-state index is 13.1. The van der Waals surface area contributed by atoms with E-state index in [0.717, 1.165) is 105 Å². The summed E-state index contributed by atoms with van der Waals surface area (Å²) >= 11 is 1.53. The number of carbonyl (C=O) groups is 3. The minimum absolute atomic E-state index is 0.0234. The minimum atomic E-state index is -0.677. The zero-order valence-electron chi connectivity index (χ0n) is 30.4. The highest BCUT2D eigenvalue weighted by atomic mass is 32.1. The van der Waals surface area contributed by atoms with Crippen molar-refractivity contribution in [1.29, 1.82) is 0 Å². The zero-order valence-corrected chi connectivity index (χ0v) is 31.2. The van der Waals surface area contributed by atoms with Crippen LogP contribution in [-0.2, 0) is 23.1 Å². The van der Waals surface area contributed by atoms with Crippen molar-refractivity contribution in [1.82, 2.24) is 29.7 Å². The molecule has 9 rings (SSSR count). The van der Waals surface area contributed by atoms with Gasteiger partial charge in [0.15, 0.2) is 0 Å². The molecule has 6 aromatic rings. The number of anilines is 2. The number of nitrogens with zero attached hydrogens (tertiary/aromatic N) is 5. The van der Waals surface area contributed by atoms with Gasteiger partial charge in [-0.2, -0.15) is 0 Å². The van der Waals surface area contributed by atoms with Crippen LogP contribution in [0.2, 0.25) is 0 Å². The lowest BCUT2D eigenvalue weighted by Crippen LogP contribution is -2.46. The first-order valence-corrected chi connectivity index (χ1v) is 19.6. The van der Waals surface area contributed by atoms with Gasteiger partial charge in [-0.05, 0) is 86.8 Å². The van der Waals surface area contributed by atoms with E-state index in [1.165, 1.54) is 21.6 Å². The fourth-order valence-corrected chi connectivity index (χ4v) is 9.38. The predicted molar refractivity (Wildman–Crippen MR) is 214 cm³/mol. The number of imide groups is 1. The van der Waals surface area contributed by atoms with Gasteiger partial charge in [0.1, 0.15) is 10.9 Å². The first-order chi connectivity index (χ1) is 26.2. The Morgan fingerprint density at radius 2 is 1.78 bits per heavy atom. The van der Waals surface area contributed by atoms with Gasteiger partial charge in [0.05, 0.1) is 27.9 Å². The lowest BCUT2D eigenvalue weighted by Gasteiger charge is -2.36. The molecule has 2 atom stereocenters. The molecular formula is C41H42N8O4S. The fourth-order valence-electron chi connectivity index (χ4n) is 8.28. The number of piperidine rings is 1. The van der Waals surface area contributed by atoms with Gasteiger partial charge in [0.25, 0.3) is 5.91 Å². The van der Waals surface area contributed by atoms with Crippen molar-refractivity contribution in [3.8, 4) is 11.3 Å². The SMILES string of the molecule is C[C@@H]1CNc2c(sc3ccc4nc(-c5cccc(N6CCN(CCCc7ccc8c(c7)n(C)c(=O)n8C7CCC(=O)NC7=O)CC6)c5)ccc4c23)C(=O)N1. The number of aryl methyl sites for hydroxylation is 2. The summed E-state index contributed by atoms with van der Waals surface area (Å²) in [7, 11) is 1.74. The number of imidazole rings is 1. The number of amides is 3. The summed E-state index contributed by atoms with van der Waals surface area (Å²) in [5, 5.41) is 11.1. The standard InChI is InChI=1S/C41H42N8O4S/c1-24-23-42-37-36-28-9-10-29(44-30(28)11-14-34(36)54-38(37)40(52)43-24)26-6-3-7-27(22-26)48-19-17-47(18-20-48)16-4-5-25-8-12-31-33(21-25)46(2)41(53)49(31)32-13-15-35(50)45-39(32)51/h3,6-12,14,21-22,24,32,42H,4-5,13,15-20,23H2,1-2H3,(H,43,52)(H,45,50,51)/t24-,32?/m1/s1. The second-order valence-corrected chi connectivity index (χ2v) is 15.8. The van der Waals surface area contributed by atoms with Crippen molar-refractivity contribution in [2.75, 3.05) is 49.5 Å². The molecule has 3 aliphatic heterocycles. The van der Waals surface area contributed by atoms with Crippen LogP contribution in [0, 0.1) is 0 Å². The second kappa shape index (κ2) is 13.7. The van der Waals surface area contributed by atoms with Crippen LogP contribution in [0.1, 0.15) is 47.5 Å². The predicted octanol–water partition coefficient (Wildman–Crippen LogP) is 5.05. The number of thiophene rings is 1. The molecule has 0 saturated carbocycles. The van der Waals surface area contributed by atoms with Crippen LogP contribution >= 0.6 is 11.3 Å². The molecule has 2 fully saturated rings. The van der Waals surface area contributed by atoms with Gasteiger partial charge in [-0.15, -0.1) is 11.3 Å². The van der Waals surface area contributed by atoms with Crippen molar-refractivity contribution < 1.29 is 14.4 Å². The van der Waals surface area contributed by atoms with Gasteiger partial charge in [-0.3, -0.25) is 33.7 Å². The highest BCUT2D eigenvalue weighted by molar-refractivity contribution is 7.21. The Bertz CT molecular complexity index is 2550. The average molecular weight is 743 g/mol. The van der Waals surface area contributed by atoms with Crippen LogP contribution in [0.15, 0.2) is 71.5 Å². The summed E-state index contributed by atoms with van der Waals surface area (Å²) in [6.07, 6.45) is 2.44. The molecule has 1 unspecified atom stereocenters. The van der Waals surface area contributed by atoms with E-state index in [2.05, 4.69) is 80.3 Å². The number of aromatic nitrogens is 3. The quantitative estimate of drug-likeness (QED) is 0.194. The molecule has 3 amide bonds. The monoisotopic (exact) mass is 742 g/mol. The highest BCUT2D eigenvalue weighted by Gasteiger charge is 2.31. The van der Waals surface area contributed by atoms with Crippen molar-refractivity contribution >= 4 is 72.5 Å². The van der Waals surface area contributed by atoms with E-state index in [-0.39, 0.29) is 30.0 Å². The molecule has 6 heterocycles. The third-order valence-corrected chi connectivity index (χ3v) is 12.3. The zero-order chi connectivity index (χ0) is 37.1. The van der Waals surface area contributed by atoms with Crippen LogP contribution in [-0.4, -0.2) is 82.1 Å². The van der Waals surface area contributed by atoms with E-state index in [0.29, 0.717) is 13.0 Å². The number of fused-ring (bicyclic) bond motifs is 6. The molecule has 3 N–H and O–H groups in total. The Morgan fingerprint density at radius 3 is 2.61 bits per heavy atom. The summed E-state index contributed by atoms with van der Waals surface area (Å²) < 4.78 is 4.21. The molecule has 276 valence electrons. The maximum Gasteiger partial charge on any atom is 0.329 e. The van der Waals surface area contributed by atoms with Gasteiger partial charge >= 0.3 is 5.69 Å². The number of rotatable bonds is 7. The van der Waals surface area contributed by atoms with Gasteiger partial charge in [-0.1, -0.05) is 18.2 Å². The van der Waals surface area contributed by atoms with Crippen molar-refractivity contribution in [2.45, 2.75) is 44.7 Å². The normalized spacial score (nSPS) is 19.5. The number of nitrogens with one attached hydrogen (secondary N) is 3. The Balaban J connectivity index is 0.837. The van der Waals surface area contributed by atoms with Gasteiger partial charge in [0, 0.05) is 79.0 Å². The number of benzene rings is 3. The largest absolute Gasteiger partial charge is 0.381 e. The Kier molecular flexibility index (Phi) is 8.70. The average Bonchev–Trinajstić information content (AvgIpc) is 3.63. The van der Waals surface area contributed by atoms with Crippen LogP contribution < -0.4 is 26.5 Å². The third kappa shape index (κ3) is 6.10. The number of hydrogen-bond acceptors (Lipinski definition) is 9. The molecule has 13 heteroatoms. The lowest BCUT2D eigenvalue weighted by molar-refractivity contribution is -0.135. The smallest absolute Gasteiger partial charge is 0.329 e. The van der Waals surface area contributed by atoms with E-state index in [4.69, 9.17) is 4.98 Å². The first-order valence-electron chi connectivity index (χ1n) is 18.7. The summed E-state index contributed by atoms with van der Waals surface area (Å²) in [6.45, 7) is 7.52. The van der Waals surface area contributed by atoms with E-state index in [9.17, 15) is 19.2 Å². The van der Waals surface area contributed by atoms with Crippen molar-refractivity contribution in [3.05, 3.63) is 87.7 Å². The molecule has 0 aliphatic carbocycles. The molecule has 3 aliphatic rings. The molecule has 3 aromatic carbocycles. The maximum absolute atomic E-state index is 13.1. The van der Waals surface area contributed by atoms with Gasteiger partial charge in [0.2, 0.25) is 11.8 Å².